The van der Waals surface area contributed by atoms with Crippen molar-refractivity contribution in [1.82, 2.24) is 0 Å². The third kappa shape index (κ3) is 5.51. The Kier molecular flexibility index (Phi) is 7.96. The Morgan fingerprint density at radius 3 is 2.50 bits per heavy atom. The Balaban J connectivity index is 1.27. The van der Waals surface area contributed by atoms with Gasteiger partial charge >= 0.3 is 0 Å². The average Bonchev–Trinajstić information content (AvgIpc) is 2.78. The van der Waals surface area contributed by atoms with E-state index in [2.05, 4.69) is 44.2 Å². The highest BCUT2D eigenvalue weighted by Gasteiger charge is 2.38. The first-order chi connectivity index (χ1) is 14.8. The SMILES string of the molecule is CC=CC1CCC2CC(C3CCc4cc(OCCCCCC)ccc4C3)CCC2C1. The van der Waals surface area contributed by atoms with Crippen molar-refractivity contribution in [2.75, 3.05) is 6.61 Å². The van der Waals surface area contributed by atoms with Crippen LogP contribution < -0.4 is 4.74 Å². The van der Waals surface area contributed by atoms with Crippen LogP contribution in [-0.2, 0) is 12.8 Å². The highest BCUT2D eigenvalue weighted by atomic mass is 16.5. The molecule has 166 valence electrons. The van der Waals surface area contributed by atoms with Gasteiger partial charge in [-0.05, 0) is 124 Å². The largest absolute Gasteiger partial charge is 0.494 e. The molecule has 1 heteroatoms. The molecule has 0 bridgehead atoms. The van der Waals surface area contributed by atoms with E-state index in [0.29, 0.717) is 0 Å². The van der Waals surface area contributed by atoms with Crippen LogP contribution in [0.5, 0.6) is 5.75 Å². The summed E-state index contributed by atoms with van der Waals surface area (Å²) >= 11 is 0. The molecule has 3 aliphatic rings. The fourth-order valence-electron chi connectivity index (χ4n) is 6.81. The maximum atomic E-state index is 6.04. The maximum absolute atomic E-state index is 6.04. The highest BCUT2D eigenvalue weighted by Crippen LogP contribution is 2.48. The predicted molar refractivity (Wildman–Crippen MR) is 128 cm³/mol. The van der Waals surface area contributed by atoms with Crippen molar-refractivity contribution in [2.24, 2.45) is 29.6 Å². The van der Waals surface area contributed by atoms with Crippen molar-refractivity contribution in [2.45, 2.75) is 97.3 Å². The molecule has 0 heterocycles. The van der Waals surface area contributed by atoms with Gasteiger partial charge in [-0.3, -0.25) is 0 Å². The van der Waals surface area contributed by atoms with Crippen LogP contribution in [0.1, 0.15) is 95.6 Å². The van der Waals surface area contributed by atoms with Crippen LogP contribution in [0, 0.1) is 29.6 Å². The third-order valence-corrected chi connectivity index (χ3v) is 8.54. The van der Waals surface area contributed by atoms with E-state index in [1.807, 2.05) is 0 Å². The summed E-state index contributed by atoms with van der Waals surface area (Å²) in [4.78, 5) is 0. The normalized spacial score (nSPS) is 31.3. The highest BCUT2D eigenvalue weighted by molar-refractivity contribution is 5.37. The van der Waals surface area contributed by atoms with Gasteiger partial charge < -0.3 is 4.74 Å². The molecular formula is C29H44O. The topological polar surface area (TPSA) is 9.23 Å². The molecule has 5 atom stereocenters. The molecule has 4 rings (SSSR count). The number of unbranched alkanes of at least 4 members (excludes halogenated alkanes) is 3. The second-order valence-corrected chi connectivity index (χ2v) is 10.5. The van der Waals surface area contributed by atoms with Crippen molar-refractivity contribution in [3.8, 4) is 5.75 Å². The van der Waals surface area contributed by atoms with E-state index >= 15 is 0 Å². The molecule has 0 spiro atoms. The molecule has 2 saturated carbocycles. The van der Waals surface area contributed by atoms with E-state index in [4.69, 9.17) is 4.74 Å². The monoisotopic (exact) mass is 408 g/mol. The summed E-state index contributed by atoms with van der Waals surface area (Å²) in [6.07, 6.45) is 22.7. The molecule has 30 heavy (non-hydrogen) atoms. The number of hydrogen-bond donors (Lipinski definition) is 0. The van der Waals surface area contributed by atoms with E-state index < -0.39 is 0 Å². The van der Waals surface area contributed by atoms with Gasteiger partial charge in [-0.25, -0.2) is 0 Å². The van der Waals surface area contributed by atoms with Gasteiger partial charge in [0.15, 0.2) is 0 Å². The fraction of sp³-hybridized carbons (Fsp3) is 0.724. The summed E-state index contributed by atoms with van der Waals surface area (Å²) in [7, 11) is 0. The summed E-state index contributed by atoms with van der Waals surface area (Å²) in [6, 6.07) is 6.97. The van der Waals surface area contributed by atoms with Crippen LogP contribution in [0.25, 0.3) is 0 Å². The van der Waals surface area contributed by atoms with Crippen molar-refractivity contribution in [3.05, 3.63) is 41.5 Å². The van der Waals surface area contributed by atoms with Crippen LogP contribution >= 0.6 is 0 Å². The molecule has 5 unspecified atom stereocenters. The molecule has 1 aromatic rings. The minimum atomic E-state index is 0.873. The molecule has 0 aliphatic heterocycles. The molecule has 2 fully saturated rings. The number of hydrogen-bond acceptors (Lipinski definition) is 1. The molecular weight excluding hydrogens is 364 g/mol. The molecule has 0 aromatic heterocycles. The molecule has 0 radical (unpaired) electrons. The summed E-state index contributed by atoms with van der Waals surface area (Å²) in [5.74, 6) is 5.92. The molecule has 3 aliphatic carbocycles. The molecule has 0 amide bonds. The third-order valence-electron chi connectivity index (χ3n) is 8.54. The second kappa shape index (κ2) is 10.9. The Labute approximate surface area is 185 Å². The standard InChI is InChI=1S/C29H44O/c1-3-5-6-7-17-30-29-16-15-27-20-26(13-14-28(27)21-29)25-12-11-23-18-22(8-4-2)9-10-24(23)19-25/h4,8,15-16,21-26H,3,5-7,9-14,17-20H2,1-2H3. The Morgan fingerprint density at radius 2 is 1.67 bits per heavy atom. The van der Waals surface area contributed by atoms with Gasteiger partial charge in [0, 0.05) is 0 Å². The van der Waals surface area contributed by atoms with Gasteiger partial charge in [-0.2, -0.15) is 0 Å². The van der Waals surface area contributed by atoms with Gasteiger partial charge in [0.05, 0.1) is 6.61 Å². The molecule has 0 N–H and O–H groups in total. The van der Waals surface area contributed by atoms with Gasteiger partial charge in [-0.1, -0.05) is 44.4 Å². The van der Waals surface area contributed by atoms with Crippen LogP contribution in [0.15, 0.2) is 30.4 Å². The van der Waals surface area contributed by atoms with Crippen molar-refractivity contribution in [1.29, 1.82) is 0 Å². The lowest BCUT2D eigenvalue weighted by Gasteiger charge is -2.44. The van der Waals surface area contributed by atoms with E-state index in [0.717, 1.165) is 41.9 Å². The number of aryl methyl sites for hydroxylation is 1. The minimum absolute atomic E-state index is 0.873. The minimum Gasteiger partial charge on any atom is -0.494 e. The lowest BCUT2D eigenvalue weighted by Crippen LogP contribution is -2.34. The summed E-state index contributed by atoms with van der Waals surface area (Å²) in [5, 5.41) is 0. The average molecular weight is 409 g/mol. The van der Waals surface area contributed by atoms with Gasteiger partial charge in [-0.15, -0.1) is 0 Å². The molecule has 1 aromatic carbocycles. The van der Waals surface area contributed by atoms with E-state index in [-0.39, 0.29) is 0 Å². The smallest absolute Gasteiger partial charge is 0.119 e. The number of ether oxygens (including phenoxy) is 1. The Morgan fingerprint density at radius 1 is 0.867 bits per heavy atom. The van der Waals surface area contributed by atoms with Crippen molar-refractivity contribution >= 4 is 0 Å². The summed E-state index contributed by atoms with van der Waals surface area (Å²) < 4.78 is 6.04. The molecule has 1 nitrogen and oxygen atoms in total. The summed E-state index contributed by atoms with van der Waals surface area (Å²) in [6.45, 7) is 5.33. The lowest BCUT2D eigenvalue weighted by atomic mass is 9.61. The first kappa shape index (κ1) is 22.0. The Bertz CT molecular complexity index is 690. The van der Waals surface area contributed by atoms with Gasteiger partial charge in [0.25, 0.3) is 0 Å². The van der Waals surface area contributed by atoms with Gasteiger partial charge in [0.1, 0.15) is 5.75 Å². The molecule has 0 saturated heterocycles. The van der Waals surface area contributed by atoms with Crippen LogP contribution in [-0.4, -0.2) is 6.61 Å². The first-order valence-electron chi connectivity index (χ1n) is 13.1. The zero-order chi connectivity index (χ0) is 20.8. The van der Waals surface area contributed by atoms with E-state index in [1.54, 1.807) is 11.1 Å². The quantitative estimate of drug-likeness (QED) is 0.311. The second-order valence-electron chi connectivity index (χ2n) is 10.5. The lowest BCUT2D eigenvalue weighted by molar-refractivity contribution is 0.0810. The van der Waals surface area contributed by atoms with Crippen molar-refractivity contribution in [3.63, 3.8) is 0 Å². The van der Waals surface area contributed by atoms with Crippen molar-refractivity contribution < 1.29 is 4.74 Å². The summed E-state index contributed by atoms with van der Waals surface area (Å²) in [5.41, 5.74) is 3.18. The number of benzene rings is 1. The maximum Gasteiger partial charge on any atom is 0.119 e. The van der Waals surface area contributed by atoms with E-state index in [9.17, 15) is 0 Å². The van der Waals surface area contributed by atoms with Crippen LogP contribution in [0.3, 0.4) is 0 Å². The van der Waals surface area contributed by atoms with E-state index in [1.165, 1.54) is 83.5 Å². The van der Waals surface area contributed by atoms with Gasteiger partial charge in [0.2, 0.25) is 0 Å². The number of fused-ring (bicyclic) bond motifs is 2. The number of allylic oxidation sites excluding steroid dienone is 2. The number of rotatable bonds is 8. The Hall–Kier alpha value is -1.24. The zero-order valence-corrected chi connectivity index (χ0v) is 19.6. The fourth-order valence-corrected chi connectivity index (χ4v) is 6.81. The zero-order valence-electron chi connectivity index (χ0n) is 19.6. The van der Waals surface area contributed by atoms with Crippen LogP contribution in [0.4, 0.5) is 0 Å². The first-order valence-corrected chi connectivity index (χ1v) is 13.1. The van der Waals surface area contributed by atoms with Crippen LogP contribution in [0.2, 0.25) is 0 Å². The predicted octanol–water partition coefficient (Wildman–Crippen LogP) is 8.16.